The molecule has 0 aromatic heterocycles. The lowest BCUT2D eigenvalue weighted by molar-refractivity contribution is -0.141. The van der Waals surface area contributed by atoms with E-state index in [0.29, 0.717) is 60.9 Å². The molecule has 4 atom stereocenters. The standard InChI is InChI=1S/C84H74N2O16/c1-41(2)77(83(91)101-53-17-13-51(14-18-53)93-37-59-39-95-59)85-79(87)61-33-65(97-55-25-43(5)21-44(6)26-55)71-73-67(99-57-29-47(9)23-48(10)30-57)35-63-70-64(82(90)86(81(63)89)78(42(3)4)84(92)102-54-19-15-52(16-20-54)94-38-60-40-96-60)36-68(100-58-31-49(11)24-50(12)32-58)74(76(70)73)72-66(34-62(80(85)88)69(61)75(71)72)98-56-27-45(7)22-46(8)28-56/h13-36,41-42,59-60,77-78H,37-40H2,1-12H3. The lowest BCUT2D eigenvalue weighted by atomic mass is 9.80. The lowest BCUT2D eigenvalue weighted by Crippen LogP contribution is -2.54. The number of hydrogen-bond acceptors (Lipinski definition) is 16. The van der Waals surface area contributed by atoms with Gasteiger partial charge in [-0.05, 0) is 233 Å². The van der Waals surface area contributed by atoms with Gasteiger partial charge in [-0.25, -0.2) is 9.59 Å². The van der Waals surface area contributed by atoms with E-state index < -0.39 is 59.5 Å². The molecule has 4 heterocycles. The summed E-state index contributed by atoms with van der Waals surface area (Å²) in [5, 5.41) is 2.07. The number of esters is 2. The van der Waals surface area contributed by atoms with Crippen LogP contribution < -0.4 is 37.9 Å². The maximum atomic E-state index is 16.3. The van der Waals surface area contributed by atoms with Crippen LogP contribution in [0, 0.1) is 67.2 Å². The van der Waals surface area contributed by atoms with Crippen LogP contribution in [0.15, 0.2) is 146 Å². The molecule has 4 aliphatic rings. The van der Waals surface area contributed by atoms with Crippen LogP contribution in [-0.4, -0.2) is 96.1 Å². The highest BCUT2D eigenvalue weighted by Crippen LogP contribution is 2.58. The van der Waals surface area contributed by atoms with Crippen molar-refractivity contribution >= 4 is 78.7 Å². The molecule has 0 radical (unpaired) electrons. The molecule has 15 rings (SSSR count). The predicted molar refractivity (Wildman–Crippen MR) is 384 cm³/mol. The van der Waals surface area contributed by atoms with Crippen LogP contribution >= 0.6 is 0 Å². The Bertz CT molecular complexity index is 4690. The Balaban J connectivity index is 1.03. The van der Waals surface area contributed by atoms with E-state index in [0.717, 1.165) is 54.3 Å². The molecule has 18 heteroatoms. The first-order chi connectivity index (χ1) is 48.9. The molecule has 4 amide bonds. The topological polar surface area (TPSA) is 208 Å². The summed E-state index contributed by atoms with van der Waals surface area (Å²) in [5.74, 6) is -3.22. The molecule has 102 heavy (non-hydrogen) atoms. The minimum atomic E-state index is -1.49. The molecule has 11 aromatic carbocycles. The number of epoxide rings is 2. The number of rotatable bonds is 22. The van der Waals surface area contributed by atoms with Crippen molar-refractivity contribution in [2.24, 2.45) is 11.8 Å². The third-order valence-corrected chi connectivity index (χ3v) is 18.7. The first-order valence-corrected chi connectivity index (χ1v) is 34.2. The van der Waals surface area contributed by atoms with Crippen LogP contribution in [-0.2, 0) is 19.1 Å². The van der Waals surface area contributed by atoms with Gasteiger partial charge in [-0.15, -0.1) is 0 Å². The smallest absolute Gasteiger partial charge is 0.335 e. The van der Waals surface area contributed by atoms with Crippen LogP contribution in [0.1, 0.15) is 114 Å². The van der Waals surface area contributed by atoms with E-state index in [1.165, 1.54) is 0 Å². The number of benzene rings is 11. The van der Waals surface area contributed by atoms with Gasteiger partial charge in [0.2, 0.25) is 0 Å². The number of hydrogen-bond donors (Lipinski definition) is 0. The van der Waals surface area contributed by atoms with Crippen molar-refractivity contribution in [3.63, 3.8) is 0 Å². The fraction of sp³-hybridized carbons (Fsp3) is 0.262. The first kappa shape index (κ1) is 66.5. The van der Waals surface area contributed by atoms with Gasteiger partial charge < -0.3 is 47.4 Å². The van der Waals surface area contributed by atoms with Crippen molar-refractivity contribution in [1.29, 1.82) is 0 Å². The molecule has 0 bridgehead atoms. The van der Waals surface area contributed by atoms with E-state index in [-0.39, 0.29) is 112 Å². The number of nitrogens with zero attached hydrogens (tertiary/aromatic N) is 2. The zero-order chi connectivity index (χ0) is 71.4. The second kappa shape index (κ2) is 26.0. The van der Waals surface area contributed by atoms with Crippen LogP contribution in [0.2, 0.25) is 0 Å². The monoisotopic (exact) mass is 1370 g/mol. The molecule has 2 saturated heterocycles. The Labute approximate surface area is 588 Å². The minimum absolute atomic E-state index is 0.00955. The van der Waals surface area contributed by atoms with Crippen molar-refractivity contribution in [3.8, 4) is 69.0 Å². The van der Waals surface area contributed by atoms with Crippen molar-refractivity contribution in [2.45, 2.75) is 107 Å². The van der Waals surface area contributed by atoms with Crippen molar-refractivity contribution in [1.82, 2.24) is 9.80 Å². The Hall–Kier alpha value is -11.3. The highest BCUT2D eigenvalue weighted by atomic mass is 16.6. The van der Waals surface area contributed by atoms with E-state index in [1.54, 1.807) is 100 Å². The Morgan fingerprint density at radius 3 is 0.804 bits per heavy atom. The molecular formula is C84H74N2O16. The molecule has 2 fully saturated rings. The van der Waals surface area contributed by atoms with Crippen molar-refractivity contribution in [2.75, 3.05) is 26.4 Å². The predicted octanol–water partition coefficient (Wildman–Crippen LogP) is 17.4. The number of carbonyl (C=O) groups is 6. The summed E-state index contributed by atoms with van der Waals surface area (Å²) in [7, 11) is 0. The highest BCUT2D eigenvalue weighted by Gasteiger charge is 2.48. The van der Waals surface area contributed by atoms with Gasteiger partial charge in [-0.3, -0.25) is 29.0 Å². The molecular weight excluding hydrogens is 1290 g/mol. The second-order valence-electron chi connectivity index (χ2n) is 28.0. The van der Waals surface area contributed by atoms with Gasteiger partial charge in [-0.1, -0.05) is 52.0 Å². The molecule has 0 spiro atoms. The fourth-order valence-electron chi connectivity index (χ4n) is 14.5. The Morgan fingerprint density at radius 2 is 0.578 bits per heavy atom. The van der Waals surface area contributed by atoms with E-state index in [1.807, 2.05) is 128 Å². The highest BCUT2D eigenvalue weighted by molar-refractivity contribution is 6.45. The quantitative estimate of drug-likeness (QED) is 0.0154. The fourth-order valence-corrected chi connectivity index (χ4v) is 14.5. The summed E-state index contributed by atoms with van der Waals surface area (Å²) < 4.78 is 63.8. The maximum Gasteiger partial charge on any atom is 0.335 e. The number of imide groups is 2. The third-order valence-electron chi connectivity index (χ3n) is 18.7. The van der Waals surface area contributed by atoms with E-state index in [2.05, 4.69) is 0 Å². The van der Waals surface area contributed by atoms with E-state index >= 15 is 28.8 Å². The van der Waals surface area contributed by atoms with Gasteiger partial charge in [0.1, 0.15) is 106 Å². The summed E-state index contributed by atoms with van der Waals surface area (Å²) >= 11 is 0. The van der Waals surface area contributed by atoms with Crippen LogP contribution in [0.5, 0.6) is 69.0 Å². The zero-order valence-corrected chi connectivity index (χ0v) is 58.6. The maximum absolute atomic E-state index is 16.3. The largest absolute Gasteiger partial charge is 0.491 e. The van der Waals surface area contributed by atoms with Gasteiger partial charge in [0.15, 0.2) is 0 Å². The van der Waals surface area contributed by atoms with Gasteiger partial charge in [0, 0.05) is 43.1 Å². The average Bonchev–Trinajstić information content (AvgIpc) is 0.920. The van der Waals surface area contributed by atoms with Crippen molar-refractivity contribution < 1.29 is 76.1 Å². The SMILES string of the molecule is Cc1cc(C)cc(Oc2cc3c4c(cc(Oc5cc(C)cc(C)c5)c5c6c(Oc7cc(C)cc(C)c7)cc7c8c(cc(Oc9cc(C)cc(C)c9)c(c2c45)c86)C(=O)N(C(C(=O)Oc2ccc(OCC4CO4)cc2)C(C)C)C7=O)C(=O)N(C(C(=O)Oc2ccc(OCC4CO4)cc2)C(C)C)C3=O)c1. The van der Waals surface area contributed by atoms with Crippen LogP contribution in [0.3, 0.4) is 0 Å². The molecule has 4 aliphatic heterocycles. The number of fused-ring (bicyclic) bond motifs is 2. The lowest BCUT2D eigenvalue weighted by Gasteiger charge is -2.36. The summed E-state index contributed by atoms with van der Waals surface area (Å²) in [6, 6.07) is 39.2. The molecule has 0 N–H and O–H groups in total. The number of amides is 4. The van der Waals surface area contributed by atoms with Crippen molar-refractivity contribution in [3.05, 3.63) is 212 Å². The third kappa shape index (κ3) is 12.6. The first-order valence-electron chi connectivity index (χ1n) is 34.2. The van der Waals surface area contributed by atoms with E-state index in [4.69, 9.17) is 47.4 Å². The van der Waals surface area contributed by atoms with Gasteiger partial charge >= 0.3 is 11.9 Å². The molecule has 11 aromatic rings. The van der Waals surface area contributed by atoms with Gasteiger partial charge in [-0.2, -0.15) is 0 Å². The number of carbonyl (C=O) groups excluding carboxylic acids is 6. The second-order valence-corrected chi connectivity index (χ2v) is 28.0. The summed E-state index contributed by atoms with van der Waals surface area (Å²) in [6.45, 7) is 24.4. The van der Waals surface area contributed by atoms with Crippen LogP contribution in [0.4, 0.5) is 0 Å². The summed E-state index contributed by atoms with van der Waals surface area (Å²) in [6.07, 6.45) is 0.0309. The summed E-state index contributed by atoms with van der Waals surface area (Å²) in [4.78, 5) is 97.3. The average molecular weight is 1370 g/mol. The molecule has 0 saturated carbocycles. The Morgan fingerprint density at radius 1 is 0.343 bits per heavy atom. The van der Waals surface area contributed by atoms with Crippen LogP contribution in [0.25, 0.3) is 43.1 Å². The number of aryl methyl sites for hydroxylation is 8. The normalized spacial score (nSPS) is 16.0. The molecule has 516 valence electrons. The number of ether oxygens (including phenoxy) is 10. The molecule has 0 aliphatic carbocycles. The molecule has 18 nitrogen and oxygen atoms in total. The molecule has 4 unspecified atom stereocenters. The zero-order valence-electron chi connectivity index (χ0n) is 58.6. The van der Waals surface area contributed by atoms with Gasteiger partial charge in [0.05, 0.1) is 35.5 Å². The summed E-state index contributed by atoms with van der Waals surface area (Å²) in [5.41, 5.74) is 6.83. The van der Waals surface area contributed by atoms with E-state index in [9.17, 15) is 0 Å². The minimum Gasteiger partial charge on any atom is -0.491 e. The van der Waals surface area contributed by atoms with Gasteiger partial charge in [0.25, 0.3) is 23.6 Å². The Kier molecular flexibility index (Phi) is 17.0.